The Hall–Kier alpha value is -2.19. The number of carbonyl (C=O) groups is 3. The number of fused-ring (bicyclic) bond motifs is 2. The minimum Gasteiger partial charge on any atom is -0.394 e. The number of likely N-dealkylation sites (tertiary alicyclic amines) is 1. The number of hydrogen-bond donors (Lipinski definition) is 1. The number of amides is 3. The Kier molecular flexibility index (Phi) is 8.63. The van der Waals surface area contributed by atoms with Crippen molar-refractivity contribution in [3.05, 3.63) is 24.3 Å². The summed E-state index contributed by atoms with van der Waals surface area (Å²) in [6.07, 6.45) is 10.7. The van der Waals surface area contributed by atoms with Crippen molar-refractivity contribution in [1.29, 1.82) is 0 Å². The fraction of sp³-hybridized carbons (Fsp3) is 0.788. The Morgan fingerprint density at radius 2 is 1.63 bits per heavy atom. The molecule has 1 unspecified atom stereocenters. The molecule has 0 aromatic heterocycles. The lowest BCUT2D eigenvalue weighted by atomic mass is 9.72. The lowest BCUT2D eigenvalue weighted by Crippen LogP contribution is -2.62. The molecule has 2 fully saturated rings. The number of aliphatic hydroxyl groups excluding tert-OH is 1. The van der Waals surface area contributed by atoms with Crippen LogP contribution >= 0.6 is 0 Å². The van der Waals surface area contributed by atoms with E-state index in [9.17, 15) is 19.5 Å². The molecule has 4 aliphatic rings. The van der Waals surface area contributed by atoms with Crippen LogP contribution < -0.4 is 0 Å². The monoisotopic (exact) mass is 571 g/mol. The summed E-state index contributed by atoms with van der Waals surface area (Å²) in [4.78, 5) is 49.3. The minimum absolute atomic E-state index is 0.0289. The molecule has 230 valence electrons. The summed E-state index contributed by atoms with van der Waals surface area (Å²) in [5, 5.41) is 10.7. The van der Waals surface area contributed by atoms with Gasteiger partial charge in [-0.3, -0.25) is 14.4 Å². The summed E-state index contributed by atoms with van der Waals surface area (Å²) < 4.78 is 7.10. The zero-order chi connectivity index (χ0) is 30.5. The largest absolute Gasteiger partial charge is 0.394 e. The summed E-state index contributed by atoms with van der Waals surface area (Å²) in [6.45, 7) is 19.9. The second-order valence-electron chi connectivity index (χ2n) is 14.6. The lowest BCUT2D eigenvalue weighted by molar-refractivity contribution is -0.161. The summed E-state index contributed by atoms with van der Waals surface area (Å²) in [6, 6.07) is -1.54. The Balaban J connectivity index is 1.93. The average Bonchev–Trinajstić information content (AvgIpc) is 3.17. The maximum atomic E-state index is 14.9. The molecule has 1 spiro atoms. The molecule has 8 nitrogen and oxygen atoms in total. The highest BCUT2D eigenvalue weighted by Crippen LogP contribution is 2.59. The highest BCUT2D eigenvalue weighted by molar-refractivity contribution is 6.00. The first kappa shape index (κ1) is 31.7. The Bertz CT molecular complexity index is 1090. The molecule has 0 bridgehead atoms. The lowest BCUT2D eigenvalue weighted by Gasteiger charge is -2.46. The molecule has 0 aliphatic carbocycles. The summed E-state index contributed by atoms with van der Waals surface area (Å²) >= 11 is 0. The van der Waals surface area contributed by atoms with Crippen LogP contribution in [0.3, 0.4) is 0 Å². The molecule has 0 aromatic carbocycles. The molecule has 2 saturated heterocycles. The van der Waals surface area contributed by atoms with Gasteiger partial charge >= 0.3 is 0 Å². The van der Waals surface area contributed by atoms with Crippen molar-refractivity contribution >= 4 is 17.7 Å². The minimum atomic E-state index is -1.31. The fourth-order valence-electron chi connectivity index (χ4n) is 8.33. The van der Waals surface area contributed by atoms with E-state index < -0.39 is 40.7 Å². The standard InChI is InChI=1S/C33H53N3O5/c1-10-17-34-18-13-15-32(12-3)24(27(34)38)25-28(39)36(23(20-37)22(4)11-2)26-29(40)35(19-14-16-33(25,26)41-32)31(8,9)21-30(5,6)7/h13-16,22-26,37H,10-12,17-21H2,1-9H3/t22-,23-,24+,25-,26?,32-,33-/m0/s1. The number of rotatable bonds is 9. The third kappa shape index (κ3) is 5.07. The third-order valence-corrected chi connectivity index (χ3v) is 9.99. The van der Waals surface area contributed by atoms with Gasteiger partial charge in [0.15, 0.2) is 0 Å². The molecule has 3 amide bonds. The third-order valence-electron chi connectivity index (χ3n) is 9.99. The molecular weight excluding hydrogens is 518 g/mol. The van der Waals surface area contributed by atoms with Gasteiger partial charge in [0.2, 0.25) is 17.7 Å². The average molecular weight is 572 g/mol. The van der Waals surface area contributed by atoms with Crippen LogP contribution in [-0.4, -0.2) is 92.6 Å². The van der Waals surface area contributed by atoms with E-state index in [0.29, 0.717) is 26.1 Å². The quantitative estimate of drug-likeness (QED) is 0.420. The highest BCUT2D eigenvalue weighted by atomic mass is 16.5. The predicted octanol–water partition coefficient (Wildman–Crippen LogP) is 4.18. The van der Waals surface area contributed by atoms with Crippen molar-refractivity contribution in [1.82, 2.24) is 14.7 Å². The van der Waals surface area contributed by atoms with E-state index in [1.807, 2.05) is 61.8 Å². The van der Waals surface area contributed by atoms with Gasteiger partial charge in [0.25, 0.3) is 0 Å². The number of carbonyl (C=O) groups excluding carboxylic acids is 3. The van der Waals surface area contributed by atoms with Crippen molar-refractivity contribution < 1.29 is 24.2 Å². The van der Waals surface area contributed by atoms with Gasteiger partial charge in [-0.15, -0.1) is 0 Å². The number of nitrogens with zero attached hydrogens (tertiary/aromatic N) is 3. The molecule has 4 heterocycles. The molecular formula is C33H53N3O5. The van der Waals surface area contributed by atoms with E-state index in [-0.39, 0.29) is 35.7 Å². The maximum absolute atomic E-state index is 14.9. The molecule has 4 rings (SSSR count). The first-order chi connectivity index (χ1) is 19.1. The van der Waals surface area contributed by atoms with Gasteiger partial charge in [-0.05, 0) is 44.4 Å². The second kappa shape index (κ2) is 11.1. The predicted molar refractivity (Wildman–Crippen MR) is 160 cm³/mol. The van der Waals surface area contributed by atoms with Crippen LogP contribution in [0.25, 0.3) is 0 Å². The van der Waals surface area contributed by atoms with Crippen LogP contribution in [0.4, 0.5) is 0 Å². The molecule has 0 radical (unpaired) electrons. The van der Waals surface area contributed by atoms with E-state index in [2.05, 4.69) is 34.6 Å². The number of ether oxygens (including phenoxy) is 1. The zero-order valence-electron chi connectivity index (χ0n) is 26.8. The van der Waals surface area contributed by atoms with Gasteiger partial charge in [-0.25, -0.2) is 0 Å². The Labute approximate surface area is 247 Å². The SMILES string of the molecule is CCCN1CC=C[C@]2(CC)O[C@]34C=CCN(C(C)(C)CC(C)(C)C)C(=O)C3N([C@@H](CO)[C@@H](C)CC)C(=O)[C@@H]4[C@@H]2C1=O. The first-order valence-electron chi connectivity index (χ1n) is 15.7. The van der Waals surface area contributed by atoms with Crippen LogP contribution in [0.15, 0.2) is 24.3 Å². The van der Waals surface area contributed by atoms with E-state index in [4.69, 9.17) is 4.74 Å². The van der Waals surface area contributed by atoms with Gasteiger partial charge in [-0.2, -0.15) is 0 Å². The normalized spacial score (nSPS) is 33.5. The molecule has 4 aliphatic heterocycles. The fourth-order valence-corrected chi connectivity index (χ4v) is 8.33. The Morgan fingerprint density at radius 1 is 0.976 bits per heavy atom. The highest BCUT2D eigenvalue weighted by Gasteiger charge is 2.76. The van der Waals surface area contributed by atoms with Gasteiger partial charge in [0.05, 0.1) is 30.1 Å². The summed E-state index contributed by atoms with van der Waals surface area (Å²) in [5.74, 6) is -2.18. The van der Waals surface area contributed by atoms with E-state index >= 15 is 0 Å². The van der Waals surface area contributed by atoms with Crippen molar-refractivity contribution in [3.63, 3.8) is 0 Å². The molecule has 0 saturated carbocycles. The molecule has 8 heteroatoms. The van der Waals surface area contributed by atoms with Gasteiger partial charge < -0.3 is 24.5 Å². The van der Waals surface area contributed by atoms with Crippen LogP contribution in [0.2, 0.25) is 0 Å². The zero-order valence-corrected chi connectivity index (χ0v) is 26.8. The van der Waals surface area contributed by atoms with Crippen LogP contribution in [0, 0.1) is 23.2 Å². The second-order valence-corrected chi connectivity index (χ2v) is 14.6. The smallest absolute Gasteiger partial charge is 0.249 e. The van der Waals surface area contributed by atoms with Crippen molar-refractivity contribution in [2.45, 2.75) is 117 Å². The van der Waals surface area contributed by atoms with Gasteiger partial charge in [0, 0.05) is 25.2 Å². The van der Waals surface area contributed by atoms with Crippen LogP contribution in [-0.2, 0) is 19.1 Å². The van der Waals surface area contributed by atoms with Gasteiger partial charge in [-0.1, -0.05) is 79.2 Å². The van der Waals surface area contributed by atoms with E-state index in [0.717, 1.165) is 19.3 Å². The molecule has 41 heavy (non-hydrogen) atoms. The number of aliphatic hydroxyl groups is 1. The molecule has 0 aromatic rings. The molecule has 1 N–H and O–H groups in total. The summed E-state index contributed by atoms with van der Waals surface area (Å²) in [5.41, 5.74) is -2.82. The maximum Gasteiger partial charge on any atom is 0.249 e. The van der Waals surface area contributed by atoms with Crippen LogP contribution in [0.5, 0.6) is 0 Å². The van der Waals surface area contributed by atoms with Crippen molar-refractivity contribution in [3.8, 4) is 0 Å². The first-order valence-corrected chi connectivity index (χ1v) is 15.7. The van der Waals surface area contributed by atoms with Crippen molar-refractivity contribution in [2.75, 3.05) is 26.2 Å². The van der Waals surface area contributed by atoms with E-state index in [1.54, 1.807) is 4.90 Å². The van der Waals surface area contributed by atoms with Crippen molar-refractivity contribution in [2.24, 2.45) is 23.2 Å². The van der Waals surface area contributed by atoms with E-state index in [1.165, 1.54) is 0 Å². The van der Waals surface area contributed by atoms with Crippen LogP contribution in [0.1, 0.15) is 88.0 Å². The topological polar surface area (TPSA) is 90.4 Å². The van der Waals surface area contributed by atoms with Gasteiger partial charge in [0.1, 0.15) is 11.6 Å². The summed E-state index contributed by atoms with van der Waals surface area (Å²) in [7, 11) is 0. The molecule has 7 atom stereocenters. The Morgan fingerprint density at radius 3 is 2.20 bits per heavy atom. The number of hydrogen-bond acceptors (Lipinski definition) is 5.